The zero-order valence-corrected chi connectivity index (χ0v) is 11.8. The molecule has 0 bridgehead atoms. The minimum Gasteiger partial charge on any atom is -0.307 e. The first-order valence-electron chi connectivity index (χ1n) is 6.16. The highest BCUT2D eigenvalue weighted by Gasteiger charge is 2.27. The molecule has 1 aromatic heterocycles. The Hall–Kier alpha value is -0.0500. The number of fused-ring (bicyclic) bond motifs is 1. The van der Waals surface area contributed by atoms with E-state index in [9.17, 15) is 0 Å². The fourth-order valence-electron chi connectivity index (χ4n) is 2.54. The second-order valence-electron chi connectivity index (χ2n) is 4.95. The van der Waals surface area contributed by atoms with Crippen LogP contribution in [0.4, 0.5) is 0 Å². The Morgan fingerprint density at radius 3 is 2.94 bits per heavy atom. The van der Waals surface area contributed by atoms with Gasteiger partial charge in [0.2, 0.25) is 0 Å². The van der Waals surface area contributed by atoms with E-state index in [1.54, 1.807) is 11.3 Å². The molecule has 0 fully saturated rings. The van der Waals surface area contributed by atoms with Crippen molar-refractivity contribution in [2.75, 3.05) is 0 Å². The Morgan fingerprint density at radius 1 is 1.56 bits per heavy atom. The van der Waals surface area contributed by atoms with Gasteiger partial charge in [0.25, 0.3) is 0 Å². The number of rotatable bonds is 4. The van der Waals surface area contributed by atoms with Crippen molar-refractivity contribution in [2.24, 2.45) is 5.92 Å². The van der Waals surface area contributed by atoms with E-state index in [0.29, 0.717) is 18.0 Å². The molecule has 0 aliphatic heterocycles. The van der Waals surface area contributed by atoms with E-state index in [2.05, 4.69) is 32.2 Å². The Bertz CT molecular complexity index is 359. The molecule has 0 amide bonds. The minimum atomic E-state index is 0.533. The Kier molecular flexibility index (Phi) is 3.93. The van der Waals surface area contributed by atoms with Crippen molar-refractivity contribution in [1.82, 2.24) is 5.32 Å². The van der Waals surface area contributed by atoms with Crippen molar-refractivity contribution in [2.45, 2.75) is 52.1 Å². The van der Waals surface area contributed by atoms with Crippen molar-refractivity contribution in [1.29, 1.82) is 0 Å². The third-order valence-electron chi connectivity index (χ3n) is 3.51. The van der Waals surface area contributed by atoms with Crippen LogP contribution in [-0.4, -0.2) is 6.04 Å². The molecule has 0 aromatic carbocycles. The highest BCUT2D eigenvalue weighted by molar-refractivity contribution is 7.16. The molecule has 3 heteroatoms. The van der Waals surface area contributed by atoms with Crippen LogP contribution in [0.15, 0.2) is 6.07 Å². The second-order valence-corrected chi connectivity index (χ2v) is 6.71. The van der Waals surface area contributed by atoms with Gasteiger partial charge in [0, 0.05) is 17.0 Å². The number of halogens is 1. The highest BCUT2D eigenvalue weighted by Crippen LogP contribution is 2.39. The summed E-state index contributed by atoms with van der Waals surface area (Å²) in [5, 5.41) is 3.78. The maximum atomic E-state index is 6.07. The van der Waals surface area contributed by atoms with Crippen LogP contribution in [0.2, 0.25) is 4.34 Å². The van der Waals surface area contributed by atoms with Crippen molar-refractivity contribution < 1.29 is 0 Å². The average Bonchev–Trinajstić information content (AvgIpc) is 2.73. The van der Waals surface area contributed by atoms with Gasteiger partial charge in [0.1, 0.15) is 0 Å². The first-order valence-corrected chi connectivity index (χ1v) is 7.35. The fraction of sp³-hybridized carbons (Fsp3) is 0.692. The molecule has 2 rings (SSSR count). The van der Waals surface area contributed by atoms with Gasteiger partial charge in [0.05, 0.1) is 4.34 Å². The van der Waals surface area contributed by atoms with E-state index < -0.39 is 0 Å². The van der Waals surface area contributed by atoms with Gasteiger partial charge in [-0.15, -0.1) is 11.3 Å². The maximum absolute atomic E-state index is 6.07. The van der Waals surface area contributed by atoms with Gasteiger partial charge >= 0.3 is 0 Å². The SMILES string of the molecule is CCC(NC1CCc2sc(Cl)cc21)C(C)C. The van der Waals surface area contributed by atoms with E-state index in [1.165, 1.54) is 29.7 Å². The van der Waals surface area contributed by atoms with Gasteiger partial charge in [-0.25, -0.2) is 0 Å². The molecule has 0 radical (unpaired) electrons. The number of nitrogens with one attached hydrogen (secondary N) is 1. The standard InChI is InChI=1S/C13H20ClNS/c1-4-10(8(2)3)15-11-5-6-12-9(11)7-13(14)16-12/h7-8,10-11,15H,4-6H2,1-3H3. The van der Waals surface area contributed by atoms with Crippen molar-refractivity contribution in [3.8, 4) is 0 Å². The Balaban J connectivity index is 2.07. The van der Waals surface area contributed by atoms with Crippen LogP contribution >= 0.6 is 22.9 Å². The molecular weight excluding hydrogens is 238 g/mol. The van der Waals surface area contributed by atoms with Crippen LogP contribution in [-0.2, 0) is 6.42 Å². The number of hydrogen-bond acceptors (Lipinski definition) is 2. The quantitative estimate of drug-likeness (QED) is 0.842. The van der Waals surface area contributed by atoms with Gasteiger partial charge in [-0.1, -0.05) is 32.4 Å². The van der Waals surface area contributed by atoms with Gasteiger partial charge in [0.15, 0.2) is 0 Å². The zero-order chi connectivity index (χ0) is 11.7. The second kappa shape index (κ2) is 5.07. The van der Waals surface area contributed by atoms with E-state index in [-0.39, 0.29) is 0 Å². The van der Waals surface area contributed by atoms with E-state index in [0.717, 1.165) is 4.34 Å². The highest BCUT2D eigenvalue weighted by atomic mass is 35.5. The van der Waals surface area contributed by atoms with Gasteiger partial charge in [-0.3, -0.25) is 0 Å². The van der Waals surface area contributed by atoms with Crippen LogP contribution in [0.5, 0.6) is 0 Å². The van der Waals surface area contributed by atoms with E-state index >= 15 is 0 Å². The molecule has 2 unspecified atom stereocenters. The van der Waals surface area contributed by atoms with Crippen LogP contribution in [0.25, 0.3) is 0 Å². The molecular formula is C13H20ClNS. The third kappa shape index (κ3) is 2.44. The topological polar surface area (TPSA) is 12.0 Å². The summed E-state index contributed by atoms with van der Waals surface area (Å²) in [5.41, 5.74) is 1.45. The van der Waals surface area contributed by atoms with Crippen molar-refractivity contribution in [3.63, 3.8) is 0 Å². The summed E-state index contributed by atoms with van der Waals surface area (Å²) >= 11 is 7.82. The normalized spacial score (nSPS) is 21.4. The Morgan fingerprint density at radius 2 is 2.31 bits per heavy atom. The van der Waals surface area contributed by atoms with Crippen LogP contribution < -0.4 is 5.32 Å². The molecule has 1 nitrogen and oxygen atoms in total. The van der Waals surface area contributed by atoms with Gasteiger partial charge in [-0.05, 0) is 36.8 Å². The van der Waals surface area contributed by atoms with E-state index in [1.807, 2.05) is 0 Å². The van der Waals surface area contributed by atoms with Crippen molar-refractivity contribution in [3.05, 3.63) is 20.8 Å². The first-order chi connectivity index (χ1) is 7.61. The van der Waals surface area contributed by atoms with E-state index in [4.69, 9.17) is 11.6 Å². The summed E-state index contributed by atoms with van der Waals surface area (Å²) in [4.78, 5) is 1.49. The molecule has 1 aliphatic rings. The molecule has 90 valence electrons. The fourth-order valence-corrected chi connectivity index (χ4v) is 3.90. The summed E-state index contributed by atoms with van der Waals surface area (Å²) in [6.45, 7) is 6.84. The lowest BCUT2D eigenvalue weighted by atomic mass is 10.00. The van der Waals surface area contributed by atoms with Crippen molar-refractivity contribution >= 4 is 22.9 Å². The molecule has 0 spiro atoms. The molecule has 0 saturated heterocycles. The first kappa shape index (κ1) is 12.4. The number of hydrogen-bond donors (Lipinski definition) is 1. The summed E-state index contributed by atoms with van der Waals surface area (Å²) < 4.78 is 0.939. The average molecular weight is 258 g/mol. The molecule has 0 saturated carbocycles. The Labute approximate surface area is 107 Å². The number of aryl methyl sites for hydroxylation is 1. The zero-order valence-electron chi connectivity index (χ0n) is 10.2. The molecule has 2 atom stereocenters. The lowest BCUT2D eigenvalue weighted by Crippen LogP contribution is -2.35. The molecule has 1 heterocycles. The number of thiophene rings is 1. The predicted octanol–water partition coefficient (Wildman–Crippen LogP) is 4.41. The summed E-state index contributed by atoms with van der Waals surface area (Å²) in [5.74, 6) is 0.697. The largest absolute Gasteiger partial charge is 0.307 e. The monoisotopic (exact) mass is 257 g/mol. The third-order valence-corrected chi connectivity index (χ3v) is 4.85. The van der Waals surface area contributed by atoms with Gasteiger partial charge in [-0.2, -0.15) is 0 Å². The predicted molar refractivity (Wildman–Crippen MR) is 72.4 cm³/mol. The summed E-state index contributed by atoms with van der Waals surface area (Å²) in [7, 11) is 0. The van der Waals surface area contributed by atoms with Crippen LogP contribution in [0.3, 0.4) is 0 Å². The lowest BCUT2D eigenvalue weighted by molar-refractivity contribution is 0.344. The molecule has 1 aromatic rings. The van der Waals surface area contributed by atoms with Crippen LogP contribution in [0.1, 0.15) is 50.1 Å². The minimum absolute atomic E-state index is 0.533. The van der Waals surface area contributed by atoms with Gasteiger partial charge < -0.3 is 5.32 Å². The molecule has 1 aliphatic carbocycles. The smallest absolute Gasteiger partial charge is 0.0934 e. The lowest BCUT2D eigenvalue weighted by Gasteiger charge is -2.25. The molecule has 1 N–H and O–H groups in total. The van der Waals surface area contributed by atoms with Crippen LogP contribution in [0, 0.1) is 5.92 Å². The summed E-state index contributed by atoms with van der Waals surface area (Å²) in [6.07, 6.45) is 3.63. The summed E-state index contributed by atoms with van der Waals surface area (Å²) in [6, 6.07) is 3.31. The molecule has 16 heavy (non-hydrogen) atoms. The maximum Gasteiger partial charge on any atom is 0.0934 e.